The maximum atomic E-state index is 11.9. The summed E-state index contributed by atoms with van der Waals surface area (Å²) in [6, 6.07) is 9.86. The lowest BCUT2D eigenvalue weighted by atomic mass is 9.98. The summed E-state index contributed by atoms with van der Waals surface area (Å²) in [6.07, 6.45) is 3.01. The number of para-hydroxylation sites is 1. The molecule has 2 aromatic rings. The second kappa shape index (κ2) is 6.41. The van der Waals surface area contributed by atoms with Gasteiger partial charge in [-0.15, -0.1) is 0 Å². The maximum absolute atomic E-state index is 11.9. The molecule has 1 N–H and O–H groups in total. The lowest BCUT2D eigenvalue weighted by Crippen LogP contribution is -2.40. The zero-order valence-corrected chi connectivity index (χ0v) is 12.4. The molecule has 1 aromatic heterocycles. The third-order valence-electron chi connectivity index (χ3n) is 4.28. The summed E-state index contributed by atoms with van der Waals surface area (Å²) in [5.41, 5.74) is 1.10. The summed E-state index contributed by atoms with van der Waals surface area (Å²) in [4.78, 5) is 11.9. The Labute approximate surface area is 124 Å². The van der Waals surface area contributed by atoms with Crippen molar-refractivity contribution in [3.05, 3.63) is 46.8 Å². The molecular weight excluding hydrogens is 264 g/mol. The molecule has 1 aromatic carbocycles. The van der Waals surface area contributed by atoms with Gasteiger partial charge in [-0.3, -0.25) is 4.79 Å². The Balaban J connectivity index is 1.92. The van der Waals surface area contributed by atoms with E-state index >= 15 is 0 Å². The van der Waals surface area contributed by atoms with Gasteiger partial charge in [-0.05, 0) is 25.1 Å². The van der Waals surface area contributed by atoms with Crippen molar-refractivity contribution in [3.63, 3.8) is 0 Å². The fraction of sp³-hybridized carbons (Fsp3) is 0.471. The van der Waals surface area contributed by atoms with Gasteiger partial charge in [0.2, 0.25) is 0 Å². The van der Waals surface area contributed by atoms with Gasteiger partial charge in [0.1, 0.15) is 0 Å². The minimum atomic E-state index is 0.0889. The van der Waals surface area contributed by atoms with Crippen LogP contribution in [0.15, 0.2) is 41.3 Å². The predicted octanol–water partition coefficient (Wildman–Crippen LogP) is 2.02. The zero-order chi connectivity index (χ0) is 14.7. The van der Waals surface area contributed by atoms with Crippen LogP contribution in [0, 0.1) is 5.92 Å². The van der Waals surface area contributed by atoms with E-state index in [1.54, 1.807) is 6.07 Å². The van der Waals surface area contributed by atoms with Crippen LogP contribution in [0.3, 0.4) is 0 Å². The molecular formula is C17H22N2O2. The Bertz CT molecular complexity index is 659. The molecule has 0 bridgehead atoms. The van der Waals surface area contributed by atoms with E-state index in [1.807, 2.05) is 30.5 Å². The van der Waals surface area contributed by atoms with Crippen molar-refractivity contribution in [1.82, 2.24) is 9.88 Å². The summed E-state index contributed by atoms with van der Waals surface area (Å²) in [5, 5.41) is 4.36. The molecule has 0 saturated carbocycles. The van der Waals surface area contributed by atoms with E-state index in [4.69, 9.17) is 4.74 Å². The number of rotatable bonds is 5. The Morgan fingerprint density at radius 3 is 3.00 bits per heavy atom. The minimum Gasteiger partial charge on any atom is -0.381 e. The number of fused-ring (bicyclic) bond motifs is 1. The van der Waals surface area contributed by atoms with Crippen molar-refractivity contribution in [3.8, 4) is 0 Å². The number of hydrogen-bond acceptors (Lipinski definition) is 3. The highest BCUT2D eigenvalue weighted by Gasteiger charge is 2.25. The van der Waals surface area contributed by atoms with E-state index in [-0.39, 0.29) is 5.43 Å². The van der Waals surface area contributed by atoms with Gasteiger partial charge in [-0.1, -0.05) is 19.1 Å². The molecule has 1 aliphatic rings. The summed E-state index contributed by atoms with van der Waals surface area (Å²) in [6.45, 7) is 5.63. The first-order chi connectivity index (χ1) is 10.3. The number of hydrogen-bond donors (Lipinski definition) is 1. The molecule has 1 aliphatic heterocycles. The van der Waals surface area contributed by atoms with E-state index in [2.05, 4.69) is 16.8 Å². The van der Waals surface area contributed by atoms with Gasteiger partial charge < -0.3 is 14.6 Å². The molecule has 21 heavy (non-hydrogen) atoms. The van der Waals surface area contributed by atoms with Crippen LogP contribution in [-0.2, 0) is 11.3 Å². The average molecular weight is 286 g/mol. The quantitative estimate of drug-likeness (QED) is 0.914. The molecule has 112 valence electrons. The number of nitrogens with zero attached hydrogens (tertiary/aromatic N) is 1. The second-order valence-corrected chi connectivity index (χ2v) is 5.64. The van der Waals surface area contributed by atoms with Gasteiger partial charge in [-0.2, -0.15) is 0 Å². The molecule has 1 fully saturated rings. The average Bonchev–Trinajstić information content (AvgIpc) is 3.04. The maximum Gasteiger partial charge on any atom is 0.189 e. The number of likely N-dealkylation sites (N-methyl/N-ethyl adjacent to an activating group) is 1. The van der Waals surface area contributed by atoms with Gasteiger partial charge in [0.15, 0.2) is 5.43 Å². The number of nitrogens with one attached hydrogen (secondary N) is 1. The summed E-state index contributed by atoms with van der Waals surface area (Å²) < 4.78 is 7.71. The van der Waals surface area contributed by atoms with Crippen LogP contribution in [0.1, 0.15) is 13.3 Å². The summed E-state index contributed by atoms with van der Waals surface area (Å²) in [5.74, 6) is 0.545. The van der Waals surface area contributed by atoms with Crippen molar-refractivity contribution in [1.29, 1.82) is 0 Å². The fourth-order valence-electron chi connectivity index (χ4n) is 3.14. The van der Waals surface area contributed by atoms with Crippen molar-refractivity contribution in [2.45, 2.75) is 25.9 Å². The molecule has 4 nitrogen and oxygen atoms in total. The molecule has 0 aliphatic carbocycles. The first-order valence-electron chi connectivity index (χ1n) is 7.69. The molecule has 2 unspecified atom stereocenters. The number of aromatic nitrogens is 1. The van der Waals surface area contributed by atoms with Gasteiger partial charge >= 0.3 is 0 Å². The first-order valence-corrected chi connectivity index (χ1v) is 7.69. The molecule has 0 amide bonds. The highest BCUT2D eigenvalue weighted by Crippen LogP contribution is 2.19. The normalized spacial score (nSPS) is 20.0. The van der Waals surface area contributed by atoms with Gasteiger partial charge in [-0.25, -0.2) is 0 Å². The third-order valence-corrected chi connectivity index (χ3v) is 4.28. The lowest BCUT2D eigenvalue weighted by Gasteiger charge is -2.25. The Morgan fingerprint density at radius 2 is 2.24 bits per heavy atom. The van der Waals surface area contributed by atoms with Crippen molar-refractivity contribution >= 4 is 10.9 Å². The zero-order valence-electron chi connectivity index (χ0n) is 12.4. The Kier molecular flexibility index (Phi) is 4.36. The molecule has 0 radical (unpaired) electrons. The SMILES string of the molecule is CCNC(Cn1ccc(=O)c2ccccc21)C1CCOC1. The van der Waals surface area contributed by atoms with Crippen LogP contribution >= 0.6 is 0 Å². The topological polar surface area (TPSA) is 43.3 Å². The first kappa shape index (κ1) is 14.3. The summed E-state index contributed by atoms with van der Waals surface area (Å²) in [7, 11) is 0. The van der Waals surface area contributed by atoms with E-state index in [0.29, 0.717) is 12.0 Å². The highest BCUT2D eigenvalue weighted by molar-refractivity contribution is 5.78. The van der Waals surface area contributed by atoms with Crippen molar-refractivity contribution in [2.75, 3.05) is 19.8 Å². The number of ether oxygens (including phenoxy) is 1. The van der Waals surface area contributed by atoms with Crippen LogP contribution < -0.4 is 10.7 Å². The van der Waals surface area contributed by atoms with Crippen molar-refractivity contribution in [2.24, 2.45) is 5.92 Å². The third kappa shape index (κ3) is 3.01. The van der Waals surface area contributed by atoms with Gasteiger partial charge in [0.25, 0.3) is 0 Å². The second-order valence-electron chi connectivity index (χ2n) is 5.64. The van der Waals surface area contributed by atoms with Crippen LogP contribution in [0.25, 0.3) is 10.9 Å². The van der Waals surface area contributed by atoms with Gasteiger partial charge in [0.05, 0.1) is 12.1 Å². The predicted molar refractivity (Wildman–Crippen MR) is 84.6 cm³/mol. The van der Waals surface area contributed by atoms with Crippen LogP contribution in [0.5, 0.6) is 0 Å². The number of pyridine rings is 1. The molecule has 1 saturated heterocycles. The Hall–Kier alpha value is -1.65. The molecule has 3 rings (SSSR count). The largest absolute Gasteiger partial charge is 0.381 e. The molecule has 0 spiro atoms. The lowest BCUT2D eigenvalue weighted by molar-refractivity contribution is 0.174. The fourth-order valence-corrected chi connectivity index (χ4v) is 3.14. The smallest absolute Gasteiger partial charge is 0.189 e. The number of benzene rings is 1. The van der Waals surface area contributed by atoms with E-state index < -0.39 is 0 Å². The Morgan fingerprint density at radius 1 is 1.38 bits per heavy atom. The van der Waals surface area contributed by atoms with E-state index in [1.165, 1.54) is 0 Å². The minimum absolute atomic E-state index is 0.0889. The van der Waals surface area contributed by atoms with E-state index in [0.717, 1.165) is 43.6 Å². The molecule has 2 heterocycles. The highest BCUT2D eigenvalue weighted by atomic mass is 16.5. The van der Waals surface area contributed by atoms with E-state index in [9.17, 15) is 4.79 Å². The monoisotopic (exact) mass is 286 g/mol. The summed E-state index contributed by atoms with van der Waals surface area (Å²) >= 11 is 0. The molecule has 4 heteroatoms. The van der Waals surface area contributed by atoms with Gasteiger partial charge in [0, 0.05) is 42.8 Å². The van der Waals surface area contributed by atoms with Crippen molar-refractivity contribution < 1.29 is 4.74 Å². The molecule has 2 atom stereocenters. The van der Waals surface area contributed by atoms with Crippen LogP contribution in [0.4, 0.5) is 0 Å². The standard InChI is InChI=1S/C17H22N2O2/c1-2-18-15(13-8-10-21-12-13)11-19-9-7-17(20)14-5-3-4-6-16(14)19/h3-7,9,13,15,18H,2,8,10-12H2,1H3. The van der Waals surface area contributed by atoms with Crippen LogP contribution in [0.2, 0.25) is 0 Å². The van der Waals surface area contributed by atoms with Crippen LogP contribution in [-0.4, -0.2) is 30.4 Å².